The van der Waals surface area contributed by atoms with Crippen molar-refractivity contribution in [2.24, 2.45) is 0 Å². The van der Waals surface area contributed by atoms with Gasteiger partial charge in [-0.05, 0) is 6.07 Å². The summed E-state index contributed by atoms with van der Waals surface area (Å²) < 4.78 is 12.3. The number of pyridine rings is 1. The molecule has 1 aromatic heterocycles. The molecule has 0 unspecified atom stereocenters. The van der Waals surface area contributed by atoms with Gasteiger partial charge < -0.3 is 0 Å². The third-order valence-corrected chi connectivity index (χ3v) is 1.26. The van der Waals surface area contributed by atoms with Crippen LogP contribution >= 0.6 is 11.6 Å². The molecule has 1 nitrogen and oxygen atoms in total. The zero-order valence-electron chi connectivity index (χ0n) is 4.94. The maximum atomic E-state index is 12.3. The highest BCUT2D eigenvalue weighted by Crippen LogP contribution is 2.11. The first-order valence-corrected chi connectivity index (χ1v) is 2.89. The molecular weight excluding hydrogens is 153 g/mol. The van der Waals surface area contributed by atoms with E-state index in [1.54, 1.807) is 0 Å². The smallest absolute Gasteiger partial charge is 0.144 e. The van der Waals surface area contributed by atoms with Crippen LogP contribution in [0.2, 0.25) is 5.15 Å². The molecule has 0 radical (unpaired) electrons. The van der Waals surface area contributed by atoms with Gasteiger partial charge in [0.15, 0.2) is 0 Å². The molecule has 0 atom stereocenters. The van der Waals surface area contributed by atoms with Crippen LogP contribution in [0.3, 0.4) is 0 Å². The number of aromatic nitrogens is 1. The lowest BCUT2D eigenvalue weighted by molar-refractivity contribution is 0.621. The van der Waals surface area contributed by atoms with Gasteiger partial charge in [0.2, 0.25) is 0 Å². The summed E-state index contributed by atoms with van der Waals surface area (Å²) in [5, 5.41) is 0.156. The van der Waals surface area contributed by atoms with E-state index in [0.717, 1.165) is 12.3 Å². The Balaban J connectivity index is 3.25. The Hall–Kier alpha value is -1.07. The van der Waals surface area contributed by atoms with Gasteiger partial charge in [0, 0.05) is 0 Å². The summed E-state index contributed by atoms with van der Waals surface area (Å²) in [7, 11) is 0. The van der Waals surface area contributed by atoms with Gasteiger partial charge in [-0.1, -0.05) is 17.5 Å². The van der Waals surface area contributed by atoms with Crippen LogP contribution in [0.1, 0.15) is 5.56 Å². The molecule has 0 saturated carbocycles. The highest BCUT2D eigenvalue weighted by atomic mass is 35.5. The predicted molar refractivity (Wildman–Crippen MR) is 37.1 cm³/mol. The topological polar surface area (TPSA) is 12.9 Å². The summed E-state index contributed by atoms with van der Waals surface area (Å²) in [6.45, 7) is 0. The third-order valence-electron chi connectivity index (χ3n) is 0.961. The van der Waals surface area contributed by atoms with Gasteiger partial charge in [-0.2, -0.15) is 0 Å². The molecule has 0 saturated heterocycles. The van der Waals surface area contributed by atoms with Gasteiger partial charge in [0.25, 0.3) is 0 Å². The van der Waals surface area contributed by atoms with E-state index in [0.29, 0.717) is 0 Å². The van der Waals surface area contributed by atoms with Gasteiger partial charge in [0.05, 0.1) is 11.8 Å². The molecule has 0 spiro atoms. The molecule has 0 amide bonds. The summed E-state index contributed by atoms with van der Waals surface area (Å²) >= 11 is 5.48. The molecule has 1 aromatic rings. The molecule has 1 heterocycles. The molecule has 0 aromatic carbocycles. The lowest BCUT2D eigenvalue weighted by Crippen LogP contribution is -1.83. The van der Waals surface area contributed by atoms with Gasteiger partial charge in [-0.3, -0.25) is 0 Å². The van der Waals surface area contributed by atoms with Gasteiger partial charge >= 0.3 is 0 Å². The fourth-order valence-corrected chi connectivity index (χ4v) is 0.682. The SMILES string of the molecule is C#Cc1cc(F)cnc1Cl. The minimum atomic E-state index is -0.475. The highest BCUT2D eigenvalue weighted by molar-refractivity contribution is 6.30. The Morgan fingerprint density at radius 2 is 2.40 bits per heavy atom. The number of halogens is 2. The van der Waals surface area contributed by atoms with Crippen LogP contribution in [0.5, 0.6) is 0 Å². The summed E-state index contributed by atoms with van der Waals surface area (Å²) in [5.41, 5.74) is 0.279. The average molecular weight is 156 g/mol. The fraction of sp³-hybridized carbons (Fsp3) is 0. The number of terminal acetylenes is 1. The Morgan fingerprint density at radius 1 is 1.70 bits per heavy atom. The Morgan fingerprint density at radius 3 is 2.90 bits per heavy atom. The van der Waals surface area contributed by atoms with Crippen LogP contribution in [-0.4, -0.2) is 4.98 Å². The molecule has 0 aliphatic heterocycles. The van der Waals surface area contributed by atoms with Crippen molar-refractivity contribution in [2.75, 3.05) is 0 Å². The average Bonchev–Trinajstić information content (AvgIpc) is 1.94. The largest absolute Gasteiger partial charge is 0.240 e. The zero-order valence-corrected chi connectivity index (χ0v) is 5.69. The van der Waals surface area contributed by atoms with Crippen molar-refractivity contribution in [3.05, 3.63) is 28.8 Å². The molecule has 0 fully saturated rings. The van der Waals surface area contributed by atoms with Crippen molar-refractivity contribution >= 4 is 11.6 Å². The lowest BCUT2D eigenvalue weighted by atomic mass is 10.3. The number of nitrogens with zero attached hydrogens (tertiary/aromatic N) is 1. The van der Waals surface area contributed by atoms with Crippen LogP contribution in [0, 0.1) is 18.2 Å². The van der Waals surface area contributed by atoms with Crippen LogP contribution in [0.4, 0.5) is 4.39 Å². The van der Waals surface area contributed by atoms with Crippen molar-refractivity contribution < 1.29 is 4.39 Å². The second-order valence-electron chi connectivity index (χ2n) is 1.64. The molecule has 0 bridgehead atoms. The van der Waals surface area contributed by atoms with Crippen LogP contribution in [0.15, 0.2) is 12.3 Å². The second kappa shape index (κ2) is 2.68. The van der Waals surface area contributed by atoms with E-state index in [9.17, 15) is 4.39 Å². The van der Waals surface area contributed by atoms with Crippen molar-refractivity contribution in [3.8, 4) is 12.3 Å². The van der Waals surface area contributed by atoms with E-state index in [4.69, 9.17) is 18.0 Å². The first-order valence-electron chi connectivity index (χ1n) is 2.51. The van der Waals surface area contributed by atoms with Crippen molar-refractivity contribution in [3.63, 3.8) is 0 Å². The maximum absolute atomic E-state index is 12.3. The van der Waals surface area contributed by atoms with Gasteiger partial charge in [-0.15, -0.1) is 6.42 Å². The number of hydrogen-bond acceptors (Lipinski definition) is 1. The van der Waals surface area contributed by atoms with Crippen molar-refractivity contribution in [1.82, 2.24) is 4.98 Å². The van der Waals surface area contributed by atoms with Gasteiger partial charge in [0.1, 0.15) is 11.0 Å². The van der Waals surface area contributed by atoms with Crippen molar-refractivity contribution in [2.45, 2.75) is 0 Å². The molecule has 0 aliphatic carbocycles. The van der Waals surface area contributed by atoms with Crippen LogP contribution in [0.25, 0.3) is 0 Å². The fourth-order valence-electron chi connectivity index (χ4n) is 0.524. The summed E-state index contributed by atoms with van der Waals surface area (Å²) in [6, 6.07) is 1.16. The van der Waals surface area contributed by atoms with E-state index in [1.807, 2.05) is 0 Å². The Labute approximate surface area is 62.8 Å². The standard InChI is InChI=1S/C7H3ClFN/c1-2-5-3-6(9)4-10-7(5)8/h1,3-4H. The number of hydrogen-bond donors (Lipinski definition) is 0. The summed E-state index contributed by atoms with van der Waals surface area (Å²) in [4.78, 5) is 3.50. The van der Waals surface area contributed by atoms with Crippen molar-refractivity contribution in [1.29, 1.82) is 0 Å². The summed E-state index contributed by atoms with van der Waals surface area (Å²) in [5.74, 6) is 1.73. The molecule has 3 heteroatoms. The molecule has 50 valence electrons. The normalized spacial score (nSPS) is 8.90. The zero-order chi connectivity index (χ0) is 7.56. The summed E-state index contributed by atoms with van der Waals surface area (Å²) in [6.07, 6.45) is 6.00. The van der Waals surface area contributed by atoms with E-state index >= 15 is 0 Å². The monoisotopic (exact) mass is 155 g/mol. The Bertz CT molecular complexity index is 290. The number of rotatable bonds is 0. The quantitative estimate of drug-likeness (QED) is 0.412. The molecular formula is C7H3ClFN. The van der Waals surface area contributed by atoms with E-state index in [1.165, 1.54) is 0 Å². The minimum absolute atomic E-state index is 0.156. The lowest BCUT2D eigenvalue weighted by Gasteiger charge is -1.92. The van der Waals surface area contributed by atoms with Crippen LogP contribution in [-0.2, 0) is 0 Å². The second-order valence-corrected chi connectivity index (χ2v) is 1.99. The predicted octanol–water partition coefficient (Wildman–Crippen LogP) is 1.86. The van der Waals surface area contributed by atoms with E-state index < -0.39 is 5.82 Å². The van der Waals surface area contributed by atoms with E-state index in [-0.39, 0.29) is 10.7 Å². The molecule has 0 aliphatic rings. The third kappa shape index (κ3) is 1.26. The molecule has 1 rings (SSSR count). The molecule has 10 heavy (non-hydrogen) atoms. The van der Waals surface area contributed by atoms with Crippen LogP contribution < -0.4 is 0 Å². The van der Waals surface area contributed by atoms with E-state index in [2.05, 4.69) is 10.9 Å². The molecule has 0 N–H and O–H groups in total. The van der Waals surface area contributed by atoms with Gasteiger partial charge in [-0.25, -0.2) is 9.37 Å². The first-order chi connectivity index (χ1) is 4.74. The first kappa shape index (κ1) is 7.04. The maximum Gasteiger partial charge on any atom is 0.144 e. The highest BCUT2D eigenvalue weighted by Gasteiger charge is 1.98. The Kier molecular flexibility index (Phi) is 1.88. The minimum Gasteiger partial charge on any atom is -0.240 e.